The molecule has 19 heavy (non-hydrogen) atoms. The molecule has 0 bridgehead atoms. The van der Waals surface area contributed by atoms with Crippen molar-refractivity contribution < 1.29 is 17.6 Å². The molecule has 0 spiro atoms. The first-order valence-corrected chi connectivity index (χ1v) is 6.71. The van der Waals surface area contributed by atoms with Crippen molar-refractivity contribution in [3.8, 4) is 0 Å². The quantitative estimate of drug-likeness (QED) is 0.732. The van der Waals surface area contributed by atoms with Crippen LogP contribution in [0.25, 0.3) is 5.57 Å². The summed E-state index contributed by atoms with van der Waals surface area (Å²) in [6, 6.07) is 0. The molecule has 1 aromatic rings. The van der Waals surface area contributed by atoms with Gasteiger partial charge in [0.15, 0.2) is 0 Å². The van der Waals surface area contributed by atoms with E-state index in [0.29, 0.717) is 29.0 Å². The van der Waals surface area contributed by atoms with Gasteiger partial charge in [-0.25, -0.2) is 4.98 Å². The summed E-state index contributed by atoms with van der Waals surface area (Å²) in [6.07, 6.45) is 1.02. The van der Waals surface area contributed by atoms with Crippen LogP contribution in [-0.4, -0.2) is 11.2 Å². The van der Waals surface area contributed by atoms with Crippen LogP contribution < -0.4 is 0 Å². The first-order valence-electron chi connectivity index (χ1n) is 5.59. The lowest BCUT2D eigenvalue weighted by Crippen LogP contribution is -2.09. The molecule has 0 radical (unpaired) electrons. The molecule has 0 amide bonds. The van der Waals surface area contributed by atoms with Gasteiger partial charge < -0.3 is 4.42 Å². The van der Waals surface area contributed by atoms with Crippen molar-refractivity contribution in [1.29, 1.82) is 0 Å². The molecule has 1 heterocycles. The van der Waals surface area contributed by atoms with Gasteiger partial charge in [0, 0.05) is 5.57 Å². The Kier molecular flexibility index (Phi) is 3.99. The lowest BCUT2D eigenvalue weighted by atomic mass is 10.2. The van der Waals surface area contributed by atoms with E-state index in [1.165, 1.54) is 12.2 Å². The Labute approximate surface area is 116 Å². The monoisotopic (exact) mass is 333 g/mol. The van der Waals surface area contributed by atoms with E-state index in [-0.39, 0.29) is 0 Å². The van der Waals surface area contributed by atoms with Crippen LogP contribution in [0, 0.1) is 6.92 Å². The number of aryl methyl sites for hydroxylation is 1. The van der Waals surface area contributed by atoms with Crippen molar-refractivity contribution >= 4 is 21.5 Å². The van der Waals surface area contributed by atoms with Crippen LogP contribution in [0.5, 0.6) is 0 Å². The highest BCUT2D eigenvalue weighted by atomic mass is 79.9. The number of hydrogen-bond acceptors (Lipinski definition) is 2. The maximum Gasteiger partial charge on any atom is 0.416 e. The van der Waals surface area contributed by atoms with Gasteiger partial charge in [0.1, 0.15) is 5.76 Å². The Morgan fingerprint density at radius 1 is 1.37 bits per heavy atom. The van der Waals surface area contributed by atoms with Crippen LogP contribution in [0.1, 0.15) is 23.8 Å². The number of alkyl halides is 4. The van der Waals surface area contributed by atoms with Crippen LogP contribution in [-0.2, 0) is 5.33 Å². The van der Waals surface area contributed by atoms with Gasteiger partial charge in [-0.2, -0.15) is 13.2 Å². The maximum absolute atomic E-state index is 12.6. The summed E-state index contributed by atoms with van der Waals surface area (Å²) in [7, 11) is 0. The minimum atomic E-state index is -4.34. The molecule has 0 fully saturated rings. The normalized spacial score (nSPS) is 16.1. The van der Waals surface area contributed by atoms with Crippen molar-refractivity contribution in [2.75, 3.05) is 0 Å². The van der Waals surface area contributed by atoms with E-state index in [4.69, 9.17) is 4.42 Å². The predicted octanol–water partition coefficient (Wildman–Crippen LogP) is 4.71. The number of nitrogens with zero attached hydrogens (tertiary/aromatic N) is 1. The van der Waals surface area contributed by atoms with Crippen molar-refractivity contribution in [1.82, 2.24) is 4.98 Å². The second-order valence-corrected chi connectivity index (χ2v) is 4.64. The van der Waals surface area contributed by atoms with Gasteiger partial charge in [-0.3, -0.25) is 0 Å². The van der Waals surface area contributed by atoms with Gasteiger partial charge in [-0.05, 0) is 19.4 Å². The van der Waals surface area contributed by atoms with E-state index in [1.54, 1.807) is 6.92 Å². The van der Waals surface area contributed by atoms with Gasteiger partial charge in [0.25, 0.3) is 0 Å². The molecular weight excluding hydrogens is 323 g/mol. The lowest BCUT2D eigenvalue weighted by Gasteiger charge is -2.04. The Bertz CT molecular complexity index is 567. The number of hydrogen-bond donors (Lipinski definition) is 0. The predicted molar refractivity (Wildman–Crippen MR) is 69.7 cm³/mol. The zero-order valence-corrected chi connectivity index (χ0v) is 11.7. The van der Waals surface area contributed by atoms with Crippen LogP contribution >= 0.6 is 15.9 Å². The molecule has 0 aliphatic heterocycles. The smallest absolute Gasteiger partial charge is 0.416 e. The molecule has 0 atom stereocenters. The SMILES string of the molecule is Cc1nc(C2=CC=C(C(F)(F)F)C=CC2)oc1CBr. The summed E-state index contributed by atoms with van der Waals surface area (Å²) >= 11 is 3.27. The van der Waals surface area contributed by atoms with Crippen molar-refractivity contribution in [2.24, 2.45) is 0 Å². The first kappa shape index (κ1) is 14.1. The largest absolute Gasteiger partial charge is 0.440 e. The molecule has 1 aromatic heterocycles. The lowest BCUT2D eigenvalue weighted by molar-refractivity contribution is -0.0881. The molecular formula is C13H11BrF3NO. The third-order valence-corrected chi connectivity index (χ3v) is 3.22. The Balaban J connectivity index is 2.34. The van der Waals surface area contributed by atoms with Gasteiger partial charge in [-0.15, -0.1) is 0 Å². The highest BCUT2D eigenvalue weighted by Crippen LogP contribution is 2.31. The van der Waals surface area contributed by atoms with E-state index in [9.17, 15) is 13.2 Å². The van der Waals surface area contributed by atoms with Gasteiger partial charge in [-0.1, -0.05) is 34.2 Å². The number of halogens is 4. The molecule has 2 nitrogen and oxygen atoms in total. The minimum absolute atomic E-state index is 0.359. The Morgan fingerprint density at radius 3 is 2.68 bits per heavy atom. The van der Waals surface area contributed by atoms with E-state index in [0.717, 1.165) is 17.8 Å². The Hall–Kier alpha value is -1.30. The third-order valence-electron chi connectivity index (χ3n) is 2.72. The molecule has 102 valence electrons. The summed E-state index contributed by atoms with van der Waals surface area (Å²) < 4.78 is 43.2. The Morgan fingerprint density at radius 2 is 2.11 bits per heavy atom. The van der Waals surface area contributed by atoms with E-state index < -0.39 is 11.7 Å². The fourth-order valence-electron chi connectivity index (χ4n) is 1.66. The van der Waals surface area contributed by atoms with Crippen molar-refractivity contribution in [2.45, 2.75) is 24.9 Å². The van der Waals surface area contributed by atoms with Gasteiger partial charge in [0.05, 0.1) is 16.6 Å². The summed E-state index contributed by atoms with van der Waals surface area (Å²) in [5.74, 6) is 1.06. The molecule has 0 N–H and O–H groups in total. The van der Waals surface area contributed by atoms with Crippen molar-refractivity contribution in [3.05, 3.63) is 47.2 Å². The first-order chi connectivity index (χ1) is 8.91. The zero-order chi connectivity index (χ0) is 14.0. The summed E-state index contributed by atoms with van der Waals surface area (Å²) in [6.45, 7) is 1.80. The fraction of sp³-hybridized carbons (Fsp3) is 0.308. The number of allylic oxidation sites excluding steroid dienone is 6. The van der Waals surface area contributed by atoms with Crippen molar-refractivity contribution in [3.63, 3.8) is 0 Å². The summed E-state index contributed by atoms with van der Waals surface area (Å²) in [5, 5.41) is 0.526. The third kappa shape index (κ3) is 3.18. The van der Waals surface area contributed by atoms with Crippen LogP contribution in [0.2, 0.25) is 0 Å². The topological polar surface area (TPSA) is 26.0 Å². The molecule has 0 unspecified atom stereocenters. The van der Waals surface area contributed by atoms with E-state index in [2.05, 4.69) is 20.9 Å². The van der Waals surface area contributed by atoms with E-state index >= 15 is 0 Å². The molecule has 6 heteroatoms. The average Bonchev–Trinajstić information content (AvgIpc) is 2.57. The minimum Gasteiger partial charge on any atom is -0.440 e. The number of aromatic nitrogens is 1. The van der Waals surface area contributed by atoms with Crippen LogP contribution in [0.3, 0.4) is 0 Å². The second kappa shape index (κ2) is 5.36. The molecule has 1 aliphatic carbocycles. The molecule has 0 aromatic carbocycles. The average molecular weight is 334 g/mol. The van der Waals surface area contributed by atoms with Crippen LogP contribution in [0.4, 0.5) is 13.2 Å². The second-order valence-electron chi connectivity index (χ2n) is 4.08. The van der Waals surface area contributed by atoms with E-state index in [1.807, 2.05) is 0 Å². The highest BCUT2D eigenvalue weighted by molar-refractivity contribution is 9.08. The summed E-state index contributed by atoms with van der Waals surface area (Å²) in [4.78, 5) is 4.22. The molecule has 1 aliphatic rings. The zero-order valence-electron chi connectivity index (χ0n) is 10.1. The maximum atomic E-state index is 12.6. The van der Waals surface area contributed by atoms with Gasteiger partial charge >= 0.3 is 6.18 Å². The standard InChI is InChI=1S/C13H11BrF3NO/c1-8-11(7-14)19-12(18-8)9-3-2-4-10(6-5-9)13(15,16)17/h2,4-6H,3,7H2,1H3. The number of oxazole rings is 1. The highest BCUT2D eigenvalue weighted by Gasteiger charge is 2.31. The molecule has 0 saturated heterocycles. The molecule has 2 rings (SSSR count). The molecule has 0 saturated carbocycles. The fourth-order valence-corrected chi connectivity index (χ4v) is 2.18. The van der Waals surface area contributed by atoms with Gasteiger partial charge in [0.2, 0.25) is 5.89 Å². The number of rotatable bonds is 2. The van der Waals surface area contributed by atoms with Crippen LogP contribution in [0.15, 0.2) is 34.3 Å². The summed E-state index contributed by atoms with van der Waals surface area (Å²) in [5.41, 5.74) is 0.693.